The molecule has 1 aromatic heterocycles. The maximum absolute atomic E-state index is 13.0. The van der Waals surface area contributed by atoms with Crippen LogP contribution in [0, 0.1) is 0 Å². The molecule has 1 fully saturated rings. The van der Waals surface area contributed by atoms with Crippen molar-refractivity contribution in [3.05, 3.63) is 40.6 Å². The van der Waals surface area contributed by atoms with Crippen LogP contribution >= 0.6 is 0 Å². The van der Waals surface area contributed by atoms with Gasteiger partial charge < -0.3 is 54.4 Å². The van der Waals surface area contributed by atoms with Crippen molar-refractivity contribution < 1.29 is 54.4 Å². The molecule has 34 heavy (non-hydrogen) atoms. The van der Waals surface area contributed by atoms with Gasteiger partial charge in [-0.25, -0.2) is 0 Å². The molecule has 1 saturated heterocycles. The first-order valence-corrected chi connectivity index (χ1v) is 10.0. The lowest BCUT2D eigenvalue weighted by Crippen LogP contribution is -2.60. The monoisotopic (exact) mass is 478 g/mol. The number of benzene rings is 2. The first-order valence-electron chi connectivity index (χ1n) is 10.0. The van der Waals surface area contributed by atoms with Crippen LogP contribution in [0.25, 0.3) is 22.3 Å². The lowest BCUT2D eigenvalue weighted by atomic mass is 9.99. The molecule has 0 aliphatic carbocycles. The Morgan fingerprint density at radius 2 is 1.68 bits per heavy atom. The molecule has 0 spiro atoms. The lowest BCUT2D eigenvalue weighted by molar-refractivity contribution is -0.277. The van der Waals surface area contributed by atoms with Gasteiger partial charge in [-0.15, -0.1) is 0 Å². The Morgan fingerprint density at radius 3 is 2.32 bits per heavy atom. The fourth-order valence-corrected chi connectivity index (χ4v) is 3.66. The summed E-state index contributed by atoms with van der Waals surface area (Å²) in [6.45, 7) is -0.661. The minimum Gasteiger partial charge on any atom is -0.507 e. The standard InChI is InChI=1S/C22H22O12/c1-31-21-17(28)15-12(26)5-9(32-22-19(30)18(29)16(27)14(7-23)34-22)6-13(15)33-20(21)8-2-3-10(24)11(25)4-8/h2-6,14,16,18-19,22-27,29-30H,7H2,1H3/t14-,16-,18+,19-,22?/m0/s1. The number of methoxy groups -OCH3 is 1. The molecular weight excluding hydrogens is 456 g/mol. The summed E-state index contributed by atoms with van der Waals surface area (Å²) in [6, 6.07) is 5.96. The van der Waals surface area contributed by atoms with Crippen LogP contribution in [0.1, 0.15) is 0 Å². The number of phenols is 3. The highest BCUT2D eigenvalue weighted by molar-refractivity contribution is 5.88. The second-order valence-corrected chi connectivity index (χ2v) is 7.63. The van der Waals surface area contributed by atoms with Gasteiger partial charge in [0.15, 0.2) is 17.3 Å². The Kier molecular flexibility index (Phi) is 6.25. The van der Waals surface area contributed by atoms with Gasteiger partial charge in [-0.2, -0.15) is 0 Å². The quantitative estimate of drug-likeness (QED) is 0.238. The Hall–Kier alpha value is -3.55. The predicted molar refractivity (Wildman–Crippen MR) is 114 cm³/mol. The molecule has 2 aromatic carbocycles. The van der Waals surface area contributed by atoms with Crippen LogP contribution in [-0.2, 0) is 4.74 Å². The first kappa shape index (κ1) is 23.6. The molecule has 0 bridgehead atoms. The van der Waals surface area contributed by atoms with E-state index >= 15 is 0 Å². The van der Waals surface area contributed by atoms with Crippen LogP contribution in [0.4, 0.5) is 0 Å². The number of hydrogen-bond acceptors (Lipinski definition) is 12. The second-order valence-electron chi connectivity index (χ2n) is 7.63. The van der Waals surface area contributed by atoms with Crippen LogP contribution in [0.2, 0.25) is 0 Å². The van der Waals surface area contributed by atoms with Crippen LogP contribution in [0.5, 0.6) is 28.7 Å². The second kappa shape index (κ2) is 9.00. The van der Waals surface area contributed by atoms with Gasteiger partial charge in [-0.1, -0.05) is 0 Å². The van der Waals surface area contributed by atoms with Crippen molar-refractivity contribution in [3.8, 4) is 40.1 Å². The van der Waals surface area contributed by atoms with E-state index in [1.807, 2.05) is 0 Å². The summed E-state index contributed by atoms with van der Waals surface area (Å²) in [5.74, 6) is -1.93. The predicted octanol–water partition coefficient (Wildman–Crippen LogP) is -0.236. The molecule has 182 valence electrons. The summed E-state index contributed by atoms with van der Waals surface area (Å²) in [4.78, 5) is 13.0. The third-order valence-corrected chi connectivity index (χ3v) is 5.45. The maximum Gasteiger partial charge on any atom is 0.239 e. The van der Waals surface area contributed by atoms with Crippen LogP contribution in [0.3, 0.4) is 0 Å². The molecule has 5 atom stereocenters. The van der Waals surface area contributed by atoms with E-state index in [0.29, 0.717) is 0 Å². The molecule has 0 amide bonds. The topological polar surface area (TPSA) is 200 Å². The summed E-state index contributed by atoms with van der Waals surface area (Å²) >= 11 is 0. The van der Waals surface area contributed by atoms with Crippen molar-refractivity contribution in [3.63, 3.8) is 0 Å². The zero-order valence-electron chi connectivity index (χ0n) is 17.7. The van der Waals surface area contributed by atoms with E-state index in [0.717, 1.165) is 12.1 Å². The minimum atomic E-state index is -1.70. The molecular formula is C22H22O12. The molecule has 4 rings (SSSR count). The zero-order valence-corrected chi connectivity index (χ0v) is 17.7. The number of phenolic OH excluding ortho intramolecular Hbond substituents is 3. The van der Waals surface area contributed by atoms with E-state index in [4.69, 9.17) is 18.6 Å². The largest absolute Gasteiger partial charge is 0.507 e. The van der Waals surface area contributed by atoms with Crippen molar-refractivity contribution in [1.29, 1.82) is 0 Å². The van der Waals surface area contributed by atoms with Crippen molar-refractivity contribution in [2.45, 2.75) is 30.7 Å². The van der Waals surface area contributed by atoms with E-state index in [-0.39, 0.29) is 33.8 Å². The number of aromatic hydroxyl groups is 3. The van der Waals surface area contributed by atoms with E-state index in [2.05, 4.69) is 0 Å². The molecule has 7 N–H and O–H groups in total. The SMILES string of the molecule is COc1c(-c2ccc(O)c(O)c2)oc2cc(OC3O[C@@H](CO)[C@H](O)[C@@H](O)[C@@H]3O)cc(O)c2c1=O. The number of fused-ring (bicyclic) bond motifs is 1. The number of hydrogen-bond donors (Lipinski definition) is 7. The van der Waals surface area contributed by atoms with Crippen LogP contribution in [-0.4, -0.2) is 80.2 Å². The average molecular weight is 478 g/mol. The molecule has 2 heterocycles. The van der Waals surface area contributed by atoms with E-state index in [9.17, 15) is 40.5 Å². The fourth-order valence-electron chi connectivity index (χ4n) is 3.66. The Labute approximate surface area is 191 Å². The average Bonchev–Trinajstić information content (AvgIpc) is 2.80. The summed E-state index contributed by atoms with van der Waals surface area (Å²) in [7, 11) is 1.22. The summed E-state index contributed by atoms with van der Waals surface area (Å²) in [5, 5.41) is 69.0. The van der Waals surface area contributed by atoms with E-state index < -0.39 is 60.0 Å². The number of ether oxygens (including phenoxy) is 3. The van der Waals surface area contributed by atoms with Gasteiger partial charge in [0.1, 0.15) is 46.9 Å². The highest BCUT2D eigenvalue weighted by atomic mass is 16.7. The first-order chi connectivity index (χ1) is 16.2. The van der Waals surface area contributed by atoms with Crippen LogP contribution in [0.15, 0.2) is 39.5 Å². The van der Waals surface area contributed by atoms with Gasteiger partial charge in [0.05, 0.1) is 13.7 Å². The smallest absolute Gasteiger partial charge is 0.239 e. The third-order valence-electron chi connectivity index (χ3n) is 5.45. The van der Waals surface area contributed by atoms with Gasteiger partial charge in [-0.3, -0.25) is 4.79 Å². The Balaban J connectivity index is 1.79. The molecule has 12 heteroatoms. The Bertz CT molecular complexity index is 1270. The zero-order chi connectivity index (χ0) is 24.7. The maximum atomic E-state index is 13.0. The van der Waals surface area contributed by atoms with E-state index in [1.165, 1.54) is 25.3 Å². The van der Waals surface area contributed by atoms with Gasteiger partial charge in [0, 0.05) is 17.7 Å². The summed E-state index contributed by atoms with van der Waals surface area (Å²) in [5.41, 5.74) is -0.706. The summed E-state index contributed by atoms with van der Waals surface area (Å²) < 4.78 is 21.7. The minimum absolute atomic E-state index is 0.111. The van der Waals surface area contributed by atoms with Gasteiger partial charge in [-0.05, 0) is 18.2 Å². The number of aliphatic hydroxyl groups is 4. The summed E-state index contributed by atoms with van der Waals surface area (Å²) in [6.07, 6.45) is -7.71. The van der Waals surface area contributed by atoms with Crippen molar-refractivity contribution >= 4 is 11.0 Å². The van der Waals surface area contributed by atoms with Gasteiger partial charge >= 0.3 is 0 Å². The number of aliphatic hydroxyl groups excluding tert-OH is 4. The molecule has 1 unspecified atom stereocenters. The fraction of sp³-hybridized carbons (Fsp3) is 0.318. The molecule has 3 aromatic rings. The number of rotatable bonds is 5. The molecule has 0 saturated carbocycles. The van der Waals surface area contributed by atoms with E-state index in [1.54, 1.807) is 0 Å². The molecule has 1 aliphatic heterocycles. The lowest BCUT2D eigenvalue weighted by Gasteiger charge is -2.39. The van der Waals surface area contributed by atoms with Crippen LogP contribution < -0.4 is 14.9 Å². The molecule has 1 aliphatic rings. The van der Waals surface area contributed by atoms with Gasteiger partial charge in [0.25, 0.3) is 0 Å². The highest BCUT2D eigenvalue weighted by Gasteiger charge is 2.44. The third kappa shape index (κ3) is 3.97. The molecule has 0 radical (unpaired) electrons. The van der Waals surface area contributed by atoms with Crippen molar-refractivity contribution in [2.24, 2.45) is 0 Å². The highest BCUT2D eigenvalue weighted by Crippen LogP contribution is 2.38. The Morgan fingerprint density at radius 1 is 0.941 bits per heavy atom. The normalized spacial score (nSPS) is 24.8. The molecule has 12 nitrogen and oxygen atoms in total. The van der Waals surface area contributed by atoms with Gasteiger partial charge in [0.2, 0.25) is 17.5 Å². The van der Waals surface area contributed by atoms with Crippen molar-refractivity contribution in [2.75, 3.05) is 13.7 Å². The van der Waals surface area contributed by atoms with Crippen molar-refractivity contribution in [1.82, 2.24) is 0 Å².